The highest BCUT2D eigenvalue weighted by Gasteiger charge is 2.55. The maximum absolute atomic E-state index is 2.56. The molecule has 0 amide bonds. The number of unbranched alkanes of at least 4 members (excludes halogenated alkanes) is 5. The molecule has 0 heterocycles. The molecule has 1 saturated carbocycles. The van der Waals surface area contributed by atoms with Gasteiger partial charge in [-0.1, -0.05) is 132 Å². The predicted molar refractivity (Wildman–Crippen MR) is 146 cm³/mol. The molecule has 0 nitrogen and oxygen atoms in total. The number of rotatable bonds is 10. The van der Waals surface area contributed by atoms with Gasteiger partial charge in [0.1, 0.15) is 0 Å². The van der Waals surface area contributed by atoms with Gasteiger partial charge in [0.05, 0.1) is 8.07 Å². The third-order valence-electron chi connectivity index (χ3n) is 9.89. The van der Waals surface area contributed by atoms with E-state index >= 15 is 0 Å². The van der Waals surface area contributed by atoms with Gasteiger partial charge >= 0.3 is 0 Å². The van der Waals surface area contributed by atoms with E-state index in [-0.39, 0.29) is 0 Å². The number of aryl methyl sites for hydroxylation is 2. The summed E-state index contributed by atoms with van der Waals surface area (Å²) in [6.07, 6.45) is 21.8. The molecule has 1 heteroatoms. The van der Waals surface area contributed by atoms with Crippen molar-refractivity contribution in [3.05, 3.63) is 70.8 Å². The van der Waals surface area contributed by atoms with Gasteiger partial charge in [0.2, 0.25) is 0 Å². The van der Waals surface area contributed by atoms with Gasteiger partial charge in [0.15, 0.2) is 0 Å². The molecule has 2 unspecified atom stereocenters. The van der Waals surface area contributed by atoms with Crippen LogP contribution < -0.4 is 0 Å². The Kier molecular flexibility index (Phi) is 7.75. The van der Waals surface area contributed by atoms with Crippen LogP contribution in [0.3, 0.4) is 0 Å². The van der Waals surface area contributed by atoms with E-state index in [4.69, 9.17) is 0 Å². The molecule has 0 aliphatic heterocycles. The highest BCUT2D eigenvalue weighted by atomic mass is 28.3. The Morgan fingerprint density at radius 1 is 0.636 bits per heavy atom. The molecule has 0 bridgehead atoms. The van der Waals surface area contributed by atoms with Gasteiger partial charge in [0.25, 0.3) is 0 Å². The standard InChI is InChI=1S/C32H46Si/c1-2-3-4-5-6-14-25-33(28-17-8-7-9-18-28,31-23-21-26-15-10-12-19-29(26)31)32-24-22-27-16-11-13-20-30(27)32/h10-13,15-16,19-20,28,31-32H,2-9,14,17-18,21-25H2,1H3. The van der Waals surface area contributed by atoms with Crippen LogP contribution in [0.15, 0.2) is 48.5 Å². The van der Waals surface area contributed by atoms with E-state index in [1.165, 1.54) is 83.5 Å². The van der Waals surface area contributed by atoms with Gasteiger partial charge in [-0.05, 0) is 64.6 Å². The molecule has 0 aromatic heterocycles. The zero-order valence-corrected chi connectivity index (χ0v) is 22.2. The fraction of sp³-hybridized carbons (Fsp3) is 0.625. The maximum atomic E-state index is 2.56. The second kappa shape index (κ2) is 10.9. The van der Waals surface area contributed by atoms with Crippen LogP contribution in [0.1, 0.15) is 124 Å². The minimum atomic E-state index is -1.60. The van der Waals surface area contributed by atoms with Crippen molar-refractivity contribution in [3.63, 3.8) is 0 Å². The quantitative estimate of drug-likeness (QED) is 0.245. The Morgan fingerprint density at radius 2 is 1.18 bits per heavy atom. The maximum Gasteiger partial charge on any atom is 0.0717 e. The molecule has 33 heavy (non-hydrogen) atoms. The molecule has 2 atom stereocenters. The lowest BCUT2D eigenvalue weighted by molar-refractivity contribution is 0.473. The Hall–Kier alpha value is -1.34. The summed E-state index contributed by atoms with van der Waals surface area (Å²) in [4.78, 5) is 0. The fourth-order valence-electron chi connectivity index (χ4n) is 8.45. The molecule has 3 aliphatic carbocycles. The first-order chi connectivity index (χ1) is 16.3. The van der Waals surface area contributed by atoms with Crippen molar-refractivity contribution in [2.75, 3.05) is 0 Å². The van der Waals surface area contributed by atoms with Crippen LogP contribution in [-0.4, -0.2) is 8.07 Å². The van der Waals surface area contributed by atoms with Crippen LogP contribution in [-0.2, 0) is 12.8 Å². The Balaban J connectivity index is 1.53. The molecular formula is C32H46Si. The molecule has 0 spiro atoms. The monoisotopic (exact) mass is 458 g/mol. The second-order valence-corrected chi connectivity index (χ2v) is 16.5. The van der Waals surface area contributed by atoms with Gasteiger partial charge < -0.3 is 0 Å². The van der Waals surface area contributed by atoms with Crippen molar-refractivity contribution >= 4 is 8.07 Å². The summed E-state index contributed by atoms with van der Waals surface area (Å²) in [6.45, 7) is 2.34. The van der Waals surface area contributed by atoms with Crippen LogP contribution in [0.4, 0.5) is 0 Å². The molecule has 178 valence electrons. The summed E-state index contributed by atoms with van der Waals surface area (Å²) in [7, 11) is -1.60. The lowest BCUT2D eigenvalue weighted by Gasteiger charge is -2.50. The minimum absolute atomic E-state index is 0.906. The largest absolute Gasteiger partial charge is 0.0717 e. The lowest BCUT2D eigenvalue weighted by Crippen LogP contribution is -2.52. The molecule has 2 aromatic rings. The summed E-state index contributed by atoms with van der Waals surface area (Å²) in [5.74, 6) is 0. The smallest absolute Gasteiger partial charge is 0.0654 e. The van der Waals surface area contributed by atoms with Crippen LogP contribution >= 0.6 is 0 Å². The Bertz CT molecular complexity index is 837. The van der Waals surface area contributed by atoms with Gasteiger partial charge in [-0.25, -0.2) is 0 Å². The topological polar surface area (TPSA) is 0 Å². The van der Waals surface area contributed by atoms with Crippen LogP contribution in [0, 0.1) is 0 Å². The summed E-state index contributed by atoms with van der Waals surface area (Å²) in [6, 6.07) is 20.9. The molecular weight excluding hydrogens is 412 g/mol. The molecule has 0 saturated heterocycles. The van der Waals surface area contributed by atoms with Crippen molar-refractivity contribution in [1.82, 2.24) is 0 Å². The van der Waals surface area contributed by atoms with E-state index in [0.717, 1.165) is 16.6 Å². The Morgan fingerprint density at radius 3 is 1.79 bits per heavy atom. The average Bonchev–Trinajstić information content (AvgIpc) is 3.50. The van der Waals surface area contributed by atoms with Crippen LogP contribution in [0.2, 0.25) is 11.6 Å². The summed E-state index contributed by atoms with van der Waals surface area (Å²) in [5, 5.41) is 0. The summed E-state index contributed by atoms with van der Waals surface area (Å²) in [5.41, 5.74) is 9.85. The highest BCUT2D eigenvalue weighted by Crippen LogP contribution is 2.59. The van der Waals surface area contributed by atoms with Crippen molar-refractivity contribution in [2.24, 2.45) is 0 Å². The molecule has 2 aromatic carbocycles. The van der Waals surface area contributed by atoms with Gasteiger partial charge in [0, 0.05) is 0 Å². The first-order valence-electron chi connectivity index (χ1n) is 14.5. The third-order valence-corrected chi connectivity index (χ3v) is 17.0. The zero-order chi connectivity index (χ0) is 22.5. The van der Waals surface area contributed by atoms with E-state index in [1.807, 2.05) is 0 Å². The number of fused-ring (bicyclic) bond motifs is 2. The van der Waals surface area contributed by atoms with E-state index < -0.39 is 8.07 Å². The second-order valence-electron chi connectivity index (χ2n) is 11.5. The summed E-state index contributed by atoms with van der Waals surface area (Å²) < 4.78 is 0. The minimum Gasteiger partial charge on any atom is -0.0654 e. The molecule has 3 aliphatic rings. The van der Waals surface area contributed by atoms with E-state index in [9.17, 15) is 0 Å². The number of hydrogen-bond acceptors (Lipinski definition) is 0. The third kappa shape index (κ3) is 4.64. The highest BCUT2D eigenvalue weighted by molar-refractivity contribution is 6.84. The van der Waals surface area contributed by atoms with Crippen LogP contribution in [0.5, 0.6) is 0 Å². The molecule has 1 fully saturated rings. The Labute approximate surface area is 204 Å². The zero-order valence-electron chi connectivity index (χ0n) is 21.2. The fourth-order valence-corrected chi connectivity index (χ4v) is 16.6. The van der Waals surface area contributed by atoms with Crippen molar-refractivity contribution < 1.29 is 0 Å². The normalized spacial score (nSPS) is 24.4. The van der Waals surface area contributed by atoms with Gasteiger partial charge in [-0.2, -0.15) is 0 Å². The van der Waals surface area contributed by atoms with E-state index in [1.54, 1.807) is 41.1 Å². The van der Waals surface area contributed by atoms with Crippen molar-refractivity contribution in [1.29, 1.82) is 0 Å². The molecule has 5 rings (SSSR count). The van der Waals surface area contributed by atoms with E-state index in [0.29, 0.717) is 0 Å². The van der Waals surface area contributed by atoms with Gasteiger partial charge in [-0.15, -0.1) is 0 Å². The molecule has 0 radical (unpaired) electrons. The molecule has 0 N–H and O–H groups in total. The predicted octanol–water partition coefficient (Wildman–Crippen LogP) is 9.67. The average molecular weight is 459 g/mol. The number of benzene rings is 2. The van der Waals surface area contributed by atoms with Crippen molar-refractivity contribution in [2.45, 2.75) is 126 Å². The van der Waals surface area contributed by atoms with Gasteiger partial charge in [-0.3, -0.25) is 0 Å². The number of hydrogen-bond donors (Lipinski definition) is 0. The van der Waals surface area contributed by atoms with E-state index in [2.05, 4.69) is 55.5 Å². The van der Waals surface area contributed by atoms with Crippen molar-refractivity contribution in [3.8, 4) is 0 Å². The lowest BCUT2D eigenvalue weighted by atomic mass is 10.00. The van der Waals surface area contributed by atoms with Crippen LogP contribution in [0.25, 0.3) is 0 Å². The first-order valence-corrected chi connectivity index (χ1v) is 16.9. The SMILES string of the molecule is CCCCCCCC[Si](C1CCCCC1)(C1CCc2ccccc21)C1CCc2ccccc21. The summed E-state index contributed by atoms with van der Waals surface area (Å²) >= 11 is 0. The first kappa shape index (κ1) is 23.4.